The Labute approximate surface area is 166 Å². The van der Waals surface area contributed by atoms with Crippen molar-refractivity contribution in [1.82, 2.24) is 4.31 Å². The lowest BCUT2D eigenvalue weighted by atomic mass is 10.2. The maximum atomic E-state index is 12.2. The summed E-state index contributed by atoms with van der Waals surface area (Å²) in [6.45, 7) is -0.567. The molecular formula is C17H16Cl2N2O5S. The minimum absolute atomic E-state index is 0.0100. The number of benzene rings is 2. The second kappa shape index (κ2) is 8.71. The zero-order valence-corrected chi connectivity index (χ0v) is 16.7. The van der Waals surface area contributed by atoms with Gasteiger partial charge in [-0.05, 0) is 42.5 Å². The van der Waals surface area contributed by atoms with Gasteiger partial charge in [0, 0.05) is 24.8 Å². The van der Waals surface area contributed by atoms with Crippen molar-refractivity contribution >= 4 is 50.8 Å². The van der Waals surface area contributed by atoms with Gasteiger partial charge in [-0.15, -0.1) is 0 Å². The van der Waals surface area contributed by atoms with Crippen LogP contribution in [0.1, 0.15) is 10.4 Å². The molecule has 0 aliphatic carbocycles. The first-order valence-electron chi connectivity index (χ1n) is 7.56. The van der Waals surface area contributed by atoms with Crippen LogP contribution in [0.5, 0.6) is 0 Å². The van der Waals surface area contributed by atoms with Gasteiger partial charge in [0.25, 0.3) is 5.91 Å². The van der Waals surface area contributed by atoms with E-state index in [1.807, 2.05) is 0 Å². The summed E-state index contributed by atoms with van der Waals surface area (Å²) in [7, 11) is -1.02. The first kappa shape index (κ1) is 21.2. The molecule has 0 aromatic heterocycles. The Kier molecular flexibility index (Phi) is 6.83. The molecule has 144 valence electrons. The molecule has 2 aromatic rings. The van der Waals surface area contributed by atoms with Gasteiger partial charge in [-0.25, -0.2) is 17.5 Å². The average Bonchev–Trinajstić information content (AvgIpc) is 2.61. The summed E-state index contributed by atoms with van der Waals surface area (Å²) >= 11 is 11.7. The summed E-state index contributed by atoms with van der Waals surface area (Å²) in [6.07, 6.45) is 0. The van der Waals surface area contributed by atoms with Crippen LogP contribution in [0, 0.1) is 0 Å². The highest BCUT2D eigenvalue weighted by molar-refractivity contribution is 7.89. The second-order valence-electron chi connectivity index (χ2n) is 5.56. The van der Waals surface area contributed by atoms with Crippen molar-refractivity contribution in [2.45, 2.75) is 4.90 Å². The Morgan fingerprint density at radius 3 is 2.30 bits per heavy atom. The third kappa shape index (κ3) is 5.43. The fourth-order valence-electron chi connectivity index (χ4n) is 1.97. The predicted molar refractivity (Wildman–Crippen MR) is 103 cm³/mol. The minimum Gasteiger partial charge on any atom is -0.452 e. The van der Waals surface area contributed by atoms with Crippen molar-refractivity contribution in [1.29, 1.82) is 0 Å². The quantitative estimate of drug-likeness (QED) is 0.710. The van der Waals surface area contributed by atoms with E-state index in [1.54, 1.807) is 24.3 Å². The summed E-state index contributed by atoms with van der Waals surface area (Å²) in [4.78, 5) is 24.0. The van der Waals surface area contributed by atoms with Crippen LogP contribution in [0.15, 0.2) is 47.4 Å². The number of rotatable bonds is 6. The van der Waals surface area contributed by atoms with Gasteiger partial charge in [0.2, 0.25) is 10.0 Å². The number of anilines is 1. The van der Waals surface area contributed by atoms with Crippen molar-refractivity contribution in [3.63, 3.8) is 0 Å². The Balaban J connectivity index is 2.07. The molecule has 1 amide bonds. The number of nitrogens with zero attached hydrogens (tertiary/aromatic N) is 1. The second-order valence-corrected chi connectivity index (χ2v) is 8.56. The molecule has 0 saturated heterocycles. The van der Waals surface area contributed by atoms with Gasteiger partial charge in [0.15, 0.2) is 6.61 Å². The Bertz CT molecular complexity index is 960. The van der Waals surface area contributed by atoms with Crippen molar-refractivity contribution < 1.29 is 22.7 Å². The van der Waals surface area contributed by atoms with E-state index in [9.17, 15) is 18.0 Å². The smallest absolute Gasteiger partial charge is 0.340 e. The van der Waals surface area contributed by atoms with Gasteiger partial charge in [-0.3, -0.25) is 4.79 Å². The first-order chi connectivity index (χ1) is 12.6. The van der Waals surface area contributed by atoms with Crippen LogP contribution < -0.4 is 5.32 Å². The maximum absolute atomic E-state index is 12.2. The highest BCUT2D eigenvalue weighted by atomic mass is 35.5. The Hall–Kier alpha value is -2.13. The van der Waals surface area contributed by atoms with Crippen LogP contribution >= 0.6 is 23.2 Å². The van der Waals surface area contributed by atoms with Gasteiger partial charge in [0.1, 0.15) is 0 Å². The van der Waals surface area contributed by atoms with Crippen LogP contribution in [-0.4, -0.2) is 45.3 Å². The fourth-order valence-corrected chi connectivity index (χ4v) is 3.22. The van der Waals surface area contributed by atoms with Crippen LogP contribution in [0.3, 0.4) is 0 Å². The molecule has 2 aromatic carbocycles. The number of nitrogens with one attached hydrogen (secondary N) is 1. The molecule has 1 N–H and O–H groups in total. The number of ether oxygens (including phenoxy) is 1. The molecule has 0 saturated carbocycles. The molecule has 27 heavy (non-hydrogen) atoms. The molecule has 0 radical (unpaired) electrons. The van der Waals surface area contributed by atoms with Crippen molar-refractivity contribution in [3.8, 4) is 0 Å². The van der Waals surface area contributed by atoms with Gasteiger partial charge in [-0.1, -0.05) is 23.2 Å². The highest BCUT2D eigenvalue weighted by Crippen LogP contribution is 2.23. The van der Waals surface area contributed by atoms with E-state index < -0.39 is 28.5 Å². The topological polar surface area (TPSA) is 92.8 Å². The standard InChI is InChI=1S/C17H16Cl2N2O5S/c1-21(2)27(24,25)13-7-8-15(19)14(9-13)17(23)26-10-16(22)20-12-5-3-11(18)4-6-12/h3-9H,10H2,1-2H3,(H,20,22). The number of hydrogen-bond donors (Lipinski definition) is 1. The maximum Gasteiger partial charge on any atom is 0.340 e. The van der Waals surface area contributed by atoms with Crippen LogP contribution in [0.25, 0.3) is 0 Å². The predicted octanol–water partition coefficient (Wildman–Crippen LogP) is 3.04. The van der Waals surface area contributed by atoms with E-state index in [1.165, 1.54) is 26.2 Å². The number of carbonyl (C=O) groups is 2. The molecule has 0 fully saturated rings. The normalized spacial score (nSPS) is 11.3. The van der Waals surface area contributed by atoms with Gasteiger partial charge in [0.05, 0.1) is 15.5 Å². The van der Waals surface area contributed by atoms with E-state index in [-0.39, 0.29) is 15.5 Å². The molecule has 0 aliphatic rings. The SMILES string of the molecule is CN(C)S(=O)(=O)c1ccc(Cl)c(C(=O)OCC(=O)Nc2ccc(Cl)cc2)c1. The fraction of sp³-hybridized carbons (Fsp3) is 0.176. The number of halogens is 2. The summed E-state index contributed by atoms with van der Waals surface area (Å²) in [5, 5.41) is 3.06. The lowest BCUT2D eigenvalue weighted by Crippen LogP contribution is -2.23. The van der Waals surface area contributed by atoms with E-state index in [0.717, 1.165) is 10.4 Å². The molecule has 0 heterocycles. The largest absolute Gasteiger partial charge is 0.452 e. The molecule has 0 unspecified atom stereocenters. The number of amides is 1. The Morgan fingerprint density at radius 1 is 1.07 bits per heavy atom. The minimum atomic E-state index is -3.75. The third-order valence-corrected chi connectivity index (χ3v) is 5.79. The van der Waals surface area contributed by atoms with Crippen molar-refractivity contribution in [2.24, 2.45) is 0 Å². The lowest BCUT2D eigenvalue weighted by molar-refractivity contribution is -0.119. The van der Waals surface area contributed by atoms with Gasteiger partial charge in [-0.2, -0.15) is 0 Å². The summed E-state index contributed by atoms with van der Waals surface area (Å²) in [6, 6.07) is 10.0. The number of esters is 1. The molecule has 0 aliphatic heterocycles. The highest BCUT2D eigenvalue weighted by Gasteiger charge is 2.22. The van der Waals surface area contributed by atoms with Crippen LogP contribution in [-0.2, 0) is 19.6 Å². The number of carbonyl (C=O) groups excluding carboxylic acids is 2. The zero-order valence-electron chi connectivity index (χ0n) is 14.4. The average molecular weight is 431 g/mol. The Morgan fingerprint density at radius 2 is 1.70 bits per heavy atom. The monoisotopic (exact) mass is 430 g/mol. The van der Waals surface area contributed by atoms with E-state index >= 15 is 0 Å². The molecule has 10 heteroatoms. The van der Waals surface area contributed by atoms with Gasteiger partial charge >= 0.3 is 5.97 Å². The summed E-state index contributed by atoms with van der Waals surface area (Å²) in [5.74, 6) is -1.49. The van der Waals surface area contributed by atoms with E-state index in [4.69, 9.17) is 27.9 Å². The first-order valence-corrected chi connectivity index (χ1v) is 9.75. The van der Waals surface area contributed by atoms with E-state index in [2.05, 4.69) is 5.32 Å². The molecule has 0 bridgehead atoms. The lowest BCUT2D eigenvalue weighted by Gasteiger charge is -2.13. The van der Waals surface area contributed by atoms with Crippen molar-refractivity contribution in [2.75, 3.05) is 26.0 Å². The van der Waals surface area contributed by atoms with Crippen LogP contribution in [0.2, 0.25) is 10.0 Å². The van der Waals surface area contributed by atoms with E-state index in [0.29, 0.717) is 10.7 Å². The van der Waals surface area contributed by atoms with Gasteiger partial charge < -0.3 is 10.1 Å². The zero-order chi connectivity index (χ0) is 20.2. The molecule has 7 nitrogen and oxygen atoms in total. The molecule has 0 spiro atoms. The molecule has 0 atom stereocenters. The number of sulfonamides is 1. The summed E-state index contributed by atoms with van der Waals surface area (Å²) < 4.78 is 30.3. The molecular weight excluding hydrogens is 415 g/mol. The summed E-state index contributed by atoms with van der Waals surface area (Å²) in [5.41, 5.74) is 0.330. The third-order valence-electron chi connectivity index (χ3n) is 3.40. The number of hydrogen-bond acceptors (Lipinski definition) is 5. The van der Waals surface area contributed by atoms with Crippen molar-refractivity contribution in [3.05, 3.63) is 58.1 Å². The molecule has 2 rings (SSSR count). The van der Waals surface area contributed by atoms with Crippen LogP contribution in [0.4, 0.5) is 5.69 Å².